The Bertz CT molecular complexity index is 365. The van der Waals surface area contributed by atoms with Gasteiger partial charge in [0.05, 0.1) is 6.04 Å². The van der Waals surface area contributed by atoms with Crippen molar-refractivity contribution in [2.24, 2.45) is 5.73 Å². The fraction of sp³-hybridized carbons (Fsp3) is 0.364. The number of aryl methyl sites for hydroxylation is 2. The Morgan fingerprint density at radius 3 is 2.27 bits per heavy atom. The molecule has 0 radical (unpaired) electrons. The van der Waals surface area contributed by atoms with Gasteiger partial charge >= 0.3 is 0 Å². The second-order valence-electron chi connectivity index (χ2n) is 3.70. The molecular weight excluding hydrogens is 256 g/mol. The van der Waals surface area contributed by atoms with Crippen LogP contribution in [0.1, 0.15) is 18.1 Å². The molecule has 3 nitrogen and oxygen atoms in total. The summed E-state index contributed by atoms with van der Waals surface area (Å²) in [5, 5.41) is 2.77. The zero-order chi connectivity index (χ0) is 11.6. The van der Waals surface area contributed by atoms with Crippen LogP contribution in [0, 0.1) is 13.8 Å². The molecule has 1 amide bonds. The Hall–Kier alpha value is -0.870. The molecule has 0 saturated heterocycles. The van der Waals surface area contributed by atoms with Gasteiger partial charge in [-0.05, 0) is 44.0 Å². The lowest BCUT2D eigenvalue weighted by Gasteiger charge is -2.11. The molecule has 0 aliphatic rings. The van der Waals surface area contributed by atoms with Crippen LogP contribution < -0.4 is 11.1 Å². The van der Waals surface area contributed by atoms with Crippen LogP contribution in [0.5, 0.6) is 0 Å². The molecule has 1 atom stereocenters. The third-order valence-electron chi connectivity index (χ3n) is 2.12. The largest absolute Gasteiger partial charge is 0.325 e. The molecule has 1 aromatic rings. The number of nitrogens with one attached hydrogen (secondary N) is 1. The molecule has 0 spiro atoms. The van der Waals surface area contributed by atoms with Crippen LogP contribution >= 0.6 is 15.9 Å². The average Bonchev–Trinajstić information content (AvgIpc) is 2.13. The maximum Gasteiger partial charge on any atom is 0.240 e. The standard InChI is InChI=1S/C11H15BrN2O/c1-6-4-9(5-7(2)10(6)12)14-11(15)8(3)13/h4-5,8H,13H2,1-3H3,(H,14,15)/t8-/m1/s1. The van der Waals surface area contributed by atoms with Crippen LogP contribution in [0.15, 0.2) is 16.6 Å². The Labute approximate surface area is 98.2 Å². The number of hydrogen-bond acceptors (Lipinski definition) is 2. The van der Waals surface area contributed by atoms with Crippen molar-refractivity contribution in [1.29, 1.82) is 0 Å². The summed E-state index contributed by atoms with van der Waals surface area (Å²) in [6.07, 6.45) is 0. The number of benzene rings is 1. The minimum atomic E-state index is -0.491. The van der Waals surface area contributed by atoms with Crippen molar-refractivity contribution in [3.05, 3.63) is 27.7 Å². The van der Waals surface area contributed by atoms with Gasteiger partial charge < -0.3 is 11.1 Å². The lowest BCUT2D eigenvalue weighted by Crippen LogP contribution is -2.32. The molecule has 0 unspecified atom stereocenters. The molecule has 0 bridgehead atoms. The van der Waals surface area contributed by atoms with Crippen LogP contribution in [0.4, 0.5) is 5.69 Å². The van der Waals surface area contributed by atoms with E-state index < -0.39 is 6.04 Å². The predicted molar refractivity (Wildman–Crippen MR) is 65.9 cm³/mol. The zero-order valence-electron chi connectivity index (χ0n) is 9.10. The van der Waals surface area contributed by atoms with Crippen LogP contribution in [-0.2, 0) is 4.79 Å². The average molecular weight is 271 g/mol. The van der Waals surface area contributed by atoms with Crippen molar-refractivity contribution in [2.75, 3.05) is 5.32 Å². The van der Waals surface area contributed by atoms with Gasteiger partial charge in [-0.15, -0.1) is 0 Å². The number of anilines is 1. The Kier molecular flexibility index (Phi) is 3.88. The summed E-state index contributed by atoms with van der Waals surface area (Å²) < 4.78 is 1.07. The van der Waals surface area contributed by atoms with Gasteiger partial charge in [0, 0.05) is 10.2 Å². The van der Waals surface area contributed by atoms with Crippen LogP contribution in [0.3, 0.4) is 0 Å². The van der Waals surface area contributed by atoms with E-state index in [9.17, 15) is 4.79 Å². The normalized spacial score (nSPS) is 12.3. The summed E-state index contributed by atoms with van der Waals surface area (Å²) in [6.45, 7) is 5.63. The molecule has 0 saturated carbocycles. The molecule has 0 aliphatic carbocycles. The van der Waals surface area contributed by atoms with E-state index in [0.717, 1.165) is 21.3 Å². The highest BCUT2D eigenvalue weighted by Crippen LogP contribution is 2.24. The number of nitrogens with two attached hydrogens (primary N) is 1. The zero-order valence-corrected chi connectivity index (χ0v) is 10.7. The molecule has 3 N–H and O–H groups in total. The van der Waals surface area contributed by atoms with E-state index in [0.29, 0.717) is 0 Å². The fourth-order valence-corrected chi connectivity index (χ4v) is 1.50. The van der Waals surface area contributed by atoms with Gasteiger partial charge in [0.15, 0.2) is 0 Å². The Morgan fingerprint density at radius 1 is 1.40 bits per heavy atom. The van der Waals surface area contributed by atoms with Crippen molar-refractivity contribution in [2.45, 2.75) is 26.8 Å². The minimum absolute atomic E-state index is 0.170. The molecule has 1 aromatic carbocycles. The number of carbonyl (C=O) groups is 1. The molecule has 82 valence electrons. The van der Waals surface area contributed by atoms with Gasteiger partial charge in [0.2, 0.25) is 5.91 Å². The van der Waals surface area contributed by atoms with Gasteiger partial charge in [0.1, 0.15) is 0 Å². The van der Waals surface area contributed by atoms with E-state index in [1.54, 1.807) is 6.92 Å². The number of rotatable bonds is 2. The second kappa shape index (κ2) is 4.77. The third-order valence-corrected chi connectivity index (χ3v) is 3.37. The van der Waals surface area contributed by atoms with Crippen molar-refractivity contribution in [3.8, 4) is 0 Å². The SMILES string of the molecule is Cc1cc(NC(=O)[C@@H](C)N)cc(C)c1Br. The van der Waals surface area contributed by atoms with Crippen molar-refractivity contribution in [1.82, 2.24) is 0 Å². The molecule has 0 aliphatic heterocycles. The van der Waals surface area contributed by atoms with E-state index in [1.165, 1.54) is 0 Å². The molecule has 4 heteroatoms. The van der Waals surface area contributed by atoms with Gasteiger partial charge in [0.25, 0.3) is 0 Å². The highest BCUT2D eigenvalue weighted by Gasteiger charge is 2.09. The summed E-state index contributed by atoms with van der Waals surface area (Å²) in [5.41, 5.74) is 8.44. The van der Waals surface area contributed by atoms with Crippen molar-refractivity contribution < 1.29 is 4.79 Å². The first kappa shape index (κ1) is 12.2. The monoisotopic (exact) mass is 270 g/mol. The number of carbonyl (C=O) groups excluding carboxylic acids is 1. The van der Waals surface area contributed by atoms with E-state index in [4.69, 9.17) is 5.73 Å². The topological polar surface area (TPSA) is 55.1 Å². The third kappa shape index (κ3) is 3.04. The smallest absolute Gasteiger partial charge is 0.240 e. The predicted octanol–water partition coefficient (Wildman–Crippen LogP) is 2.35. The van der Waals surface area contributed by atoms with E-state index in [2.05, 4.69) is 21.2 Å². The van der Waals surface area contributed by atoms with E-state index in [1.807, 2.05) is 26.0 Å². The second-order valence-corrected chi connectivity index (χ2v) is 4.49. The fourth-order valence-electron chi connectivity index (χ4n) is 1.27. The maximum absolute atomic E-state index is 11.4. The van der Waals surface area contributed by atoms with E-state index >= 15 is 0 Å². The molecular formula is C11H15BrN2O. The summed E-state index contributed by atoms with van der Waals surface area (Å²) >= 11 is 3.47. The van der Waals surface area contributed by atoms with Crippen LogP contribution in [0.25, 0.3) is 0 Å². The maximum atomic E-state index is 11.4. The summed E-state index contributed by atoms with van der Waals surface area (Å²) in [6, 6.07) is 3.34. The first-order valence-corrected chi connectivity index (χ1v) is 5.54. The highest BCUT2D eigenvalue weighted by molar-refractivity contribution is 9.10. The summed E-state index contributed by atoms with van der Waals surface area (Å²) in [5.74, 6) is -0.170. The van der Waals surface area contributed by atoms with Crippen molar-refractivity contribution >= 4 is 27.5 Å². The van der Waals surface area contributed by atoms with Gasteiger partial charge in [-0.3, -0.25) is 4.79 Å². The van der Waals surface area contributed by atoms with Gasteiger partial charge in [-0.1, -0.05) is 15.9 Å². The molecule has 1 rings (SSSR count). The van der Waals surface area contributed by atoms with Crippen molar-refractivity contribution in [3.63, 3.8) is 0 Å². The Balaban J connectivity index is 2.93. The molecule has 0 aromatic heterocycles. The van der Waals surface area contributed by atoms with Crippen LogP contribution in [-0.4, -0.2) is 11.9 Å². The first-order valence-electron chi connectivity index (χ1n) is 4.75. The van der Waals surface area contributed by atoms with Crippen LogP contribution in [0.2, 0.25) is 0 Å². The molecule has 0 fully saturated rings. The molecule has 15 heavy (non-hydrogen) atoms. The summed E-state index contributed by atoms with van der Waals surface area (Å²) in [7, 11) is 0. The van der Waals surface area contributed by atoms with E-state index in [-0.39, 0.29) is 5.91 Å². The van der Waals surface area contributed by atoms with Gasteiger partial charge in [-0.2, -0.15) is 0 Å². The number of amides is 1. The number of halogens is 1. The van der Waals surface area contributed by atoms with Gasteiger partial charge in [-0.25, -0.2) is 0 Å². The summed E-state index contributed by atoms with van der Waals surface area (Å²) in [4.78, 5) is 11.4. The first-order chi connectivity index (χ1) is 6.91. The highest BCUT2D eigenvalue weighted by atomic mass is 79.9. The lowest BCUT2D eigenvalue weighted by molar-refractivity contribution is -0.117. The minimum Gasteiger partial charge on any atom is -0.325 e. The quantitative estimate of drug-likeness (QED) is 0.867. The Morgan fingerprint density at radius 2 is 1.87 bits per heavy atom. The lowest BCUT2D eigenvalue weighted by atomic mass is 10.1. The molecule has 0 heterocycles. The number of hydrogen-bond donors (Lipinski definition) is 2.